The lowest BCUT2D eigenvalue weighted by atomic mass is 9.95. The van der Waals surface area contributed by atoms with Crippen LogP contribution in [0, 0.1) is 0 Å². The molecule has 0 saturated heterocycles. The number of ketones is 1. The van der Waals surface area contributed by atoms with Crippen LogP contribution in [0.1, 0.15) is 61.3 Å². The van der Waals surface area contributed by atoms with Crippen molar-refractivity contribution in [3.8, 4) is 5.75 Å². The number of carbonyl (C=O) groups excluding carboxylic acids is 2. The number of aliphatic hydroxyl groups is 1. The van der Waals surface area contributed by atoms with Gasteiger partial charge in [0.05, 0.1) is 23.1 Å². The molecular formula is C26H34N2O4S. The standard InChI is InChI=1S/C26H34N2O4S/c1-4-7-16-32-20-12-8-11-19(18-20)23-22(24(29)21-13-9-17-33-21)25(30)26(31)28(23)15-10-14-27(5-2)6-3/h8-9,11-13,17-18,23,30H,4-7,10,14-16H2,1-3H3. The Labute approximate surface area is 200 Å². The average molecular weight is 471 g/mol. The van der Waals surface area contributed by atoms with Gasteiger partial charge in [-0.25, -0.2) is 0 Å². The van der Waals surface area contributed by atoms with Crippen molar-refractivity contribution in [3.63, 3.8) is 0 Å². The van der Waals surface area contributed by atoms with Gasteiger partial charge < -0.3 is 19.6 Å². The van der Waals surface area contributed by atoms with E-state index in [1.165, 1.54) is 11.3 Å². The minimum atomic E-state index is -0.640. The predicted octanol–water partition coefficient (Wildman–Crippen LogP) is 5.24. The van der Waals surface area contributed by atoms with Gasteiger partial charge in [-0.2, -0.15) is 0 Å². The molecular weight excluding hydrogens is 436 g/mol. The van der Waals surface area contributed by atoms with Crippen LogP contribution in [-0.4, -0.2) is 59.4 Å². The van der Waals surface area contributed by atoms with Gasteiger partial charge in [0, 0.05) is 6.54 Å². The van der Waals surface area contributed by atoms with E-state index < -0.39 is 17.7 Å². The fourth-order valence-corrected chi connectivity index (χ4v) is 4.79. The second-order valence-electron chi connectivity index (χ2n) is 8.12. The molecule has 3 rings (SSSR count). The molecule has 1 aliphatic heterocycles. The van der Waals surface area contributed by atoms with Crippen molar-refractivity contribution >= 4 is 23.0 Å². The van der Waals surface area contributed by atoms with Crippen molar-refractivity contribution in [3.05, 3.63) is 63.6 Å². The summed E-state index contributed by atoms with van der Waals surface area (Å²) >= 11 is 1.31. The minimum Gasteiger partial charge on any atom is -0.503 e. The van der Waals surface area contributed by atoms with Gasteiger partial charge in [0.2, 0.25) is 5.78 Å². The molecule has 0 saturated carbocycles. The average Bonchev–Trinajstić information content (AvgIpc) is 3.45. The number of aliphatic hydroxyl groups excluding tert-OH is 1. The molecule has 1 aromatic heterocycles. The number of nitrogens with zero attached hydrogens (tertiary/aromatic N) is 2. The summed E-state index contributed by atoms with van der Waals surface area (Å²) in [6.45, 7) is 10.1. The van der Waals surface area contributed by atoms with Gasteiger partial charge in [-0.15, -0.1) is 11.3 Å². The number of hydrogen-bond donors (Lipinski definition) is 1. The largest absolute Gasteiger partial charge is 0.503 e. The molecule has 6 nitrogen and oxygen atoms in total. The van der Waals surface area contributed by atoms with Crippen LogP contribution in [-0.2, 0) is 4.79 Å². The highest BCUT2D eigenvalue weighted by Crippen LogP contribution is 2.40. The highest BCUT2D eigenvalue weighted by atomic mass is 32.1. The first-order valence-corrected chi connectivity index (χ1v) is 12.7. The van der Waals surface area contributed by atoms with Gasteiger partial charge in [-0.1, -0.05) is 45.4 Å². The molecule has 1 aromatic carbocycles. The first kappa shape index (κ1) is 25.0. The third-order valence-electron chi connectivity index (χ3n) is 6.00. The van der Waals surface area contributed by atoms with E-state index >= 15 is 0 Å². The molecule has 0 bridgehead atoms. The topological polar surface area (TPSA) is 70.1 Å². The van der Waals surface area contributed by atoms with Crippen molar-refractivity contribution in [2.45, 2.75) is 46.1 Å². The van der Waals surface area contributed by atoms with E-state index in [1.54, 1.807) is 17.0 Å². The summed E-state index contributed by atoms with van der Waals surface area (Å²) in [4.78, 5) is 30.9. The minimum absolute atomic E-state index is 0.149. The van der Waals surface area contributed by atoms with E-state index in [9.17, 15) is 14.7 Å². The molecule has 33 heavy (non-hydrogen) atoms. The third kappa shape index (κ3) is 5.84. The van der Waals surface area contributed by atoms with Gasteiger partial charge in [-0.3, -0.25) is 9.59 Å². The lowest BCUT2D eigenvalue weighted by molar-refractivity contribution is -0.129. The van der Waals surface area contributed by atoms with E-state index in [4.69, 9.17) is 4.74 Å². The second kappa shape index (κ2) is 12.0. The van der Waals surface area contributed by atoms with Crippen LogP contribution >= 0.6 is 11.3 Å². The summed E-state index contributed by atoms with van der Waals surface area (Å²) < 4.78 is 5.87. The lowest BCUT2D eigenvalue weighted by Gasteiger charge is -2.28. The molecule has 0 fully saturated rings. The molecule has 1 aliphatic rings. The van der Waals surface area contributed by atoms with Crippen molar-refractivity contribution < 1.29 is 19.4 Å². The zero-order chi connectivity index (χ0) is 23.8. The van der Waals surface area contributed by atoms with Gasteiger partial charge in [0.1, 0.15) is 5.75 Å². The predicted molar refractivity (Wildman–Crippen MR) is 132 cm³/mol. The zero-order valence-electron chi connectivity index (χ0n) is 19.8. The summed E-state index contributed by atoms with van der Waals surface area (Å²) in [5.74, 6) is -0.537. The SMILES string of the molecule is CCCCOc1cccc(C2C(C(=O)c3cccs3)=C(O)C(=O)N2CCCN(CC)CC)c1. The van der Waals surface area contributed by atoms with E-state index in [0.29, 0.717) is 23.8 Å². The maximum absolute atomic E-state index is 13.3. The molecule has 7 heteroatoms. The van der Waals surface area contributed by atoms with Gasteiger partial charge in [-0.05, 0) is 61.6 Å². The van der Waals surface area contributed by atoms with Crippen LogP contribution in [0.4, 0.5) is 0 Å². The van der Waals surface area contributed by atoms with Crippen LogP contribution < -0.4 is 4.74 Å². The van der Waals surface area contributed by atoms with Crippen molar-refractivity contribution in [2.24, 2.45) is 0 Å². The Morgan fingerprint density at radius 1 is 1.15 bits per heavy atom. The Morgan fingerprint density at radius 2 is 1.94 bits per heavy atom. The molecule has 1 atom stereocenters. The fourth-order valence-electron chi connectivity index (χ4n) is 4.12. The van der Waals surface area contributed by atoms with E-state index in [2.05, 4.69) is 25.7 Å². The molecule has 0 aliphatic carbocycles. The molecule has 178 valence electrons. The summed E-state index contributed by atoms with van der Waals surface area (Å²) in [5, 5.41) is 12.6. The Kier molecular flexibility index (Phi) is 9.09. The Morgan fingerprint density at radius 3 is 2.61 bits per heavy atom. The highest BCUT2D eigenvalue weighted by molar-refractivity contribution is 7.12. The molecule has 2 aromatic rings. The van der Waals surface area contributed by atoms with E-state index in [-0.39, 0.29) is 11.4 Å². The Hall–Kier alpha value is -2.64. The summed E-state index contributed by atoms with van der Waals surface area (Å²) in [5.41, 5.74) is 0.917. The number of unbranched alkanes of at least 4 members (excludes halogenated alkanes) is 1. The zero-order valence-corrected chi connectivity index (χ0v) is 20.6. The maximum Gasteiger partial charge on any atom is 0.290 e. The third-order valence-corrected chi connectivity index (χ3v) is 6.87. The number of Topliss-reactive ketones (excluding diaryl/α,β-unsaturated/α-hetero) is 1. The number of hydrogen-bond acceptors (Lipinski definition) is 6. The van der Waals surface area contributed by atoms with Crippen LogP contribution in [0.15, 0.2) is 53.1 Å². The van der Waals surface area contributed by atoms with Crippen molar-refractivity contribution in [1.29, 1.82) is 0 Å². The molecule has 1 N–H and O–H groups in total. The molecule has 0 radical (unpaired) electrons. The van der Waals surface area contributed by atoms with Crippen molar-refractivity contribution in [2.75, 3.05) is 32.8 Å². The lowest BCUT2D eigenvalue weighted by Crippen LogP contribution is -2.34. The molecule has 2 heterocycles. The summed E-state index contributed by atoms with van der Waals surface area (Å²) in [6.07, 6.45) is 2.74. The van der Waals surface area contributed by atoms with Crippen LogP contribution in [0.3, 0.4) is 0 Å². The van der Waals surface area contributed by atoms with Crippen LogP contribution in [0.25, 0.3) is 0 Å². The number of carbonyl (C=O) groups is 2. The molecule has 1 amide bonds. The first-order chi connectivity index (χ1) is 16.0. The number of thiophene rings is 1. The summed E-state index contributed by atoms with van der Waals surface area (Å²) in [7, 11) is 0. The fraction of sp³-hybridized carbons (Fsp3) is 0.462. The van der Waals surface area contributed by atoms with Gasteiger partial charge in [0.25, 0.3) is 5.91 Å². The Bertz CT molecular complexity index is 966. The van der Waals surface area contributed by atoms with Crippen molar-refractivity contribution in [1.82, 2.24) is 9.80 Å². The molecule has 0 spiro atoms. The monoisotopic (exact) mass is 470 g/mol. The maximum atomic E-state index is 13.3. The summed E-state index contributed by atoms with van der Waals surface area (Å²) in [6, 6.07) is 10.4. The quantitative estimate of drug-likeness (QED) is 0.320. The van der Waals surface area contributed by atoms with Gasteiger partial charge in [0.15, 0.2) is 5.76 Å². The van der Waals surface area contributed by atoms with E-state index in [0.717, 1.165) is 44.5 Å². The van der Waals surface area contributed by atoms with Crippen LogP contribution in [0.2, 0.25) is 0 Å². The number of ether oxygens (including phenoxy) is 1. The second-order valence-corrected chi connectivity index (χ2v) is 9.07. The highest BCUT2D eigenvalue weighted by Gasteiger charge is 2.43. The first-order valence-electron chi connectivity index (χ1n) is 11.8. The normalized spacial score (nSPS) is 16.2. The van der Waals surface area contributed by atoms with Gasteiger partial charge >= 0.3 is 0 Å². The Balaban J connectivity index is 1.92. The molecule has 1 unspecified atom stereocenters. The smallest absolute Gasteiger partial charge is 0.290 e. The van der Waals surface area contributed by atoms with E-state index in [1.807, 2.05) is 29.6 Å². The van der Waals surface area contributed by atoms with Crippen LogP contribution in [0.5, 0.6) is 5.75 Å². The number of amides is 1. The number of rotatable bonds is 13. The number of benzene rings is 1.